The second-order valence-electron chi connectivity index (χ2n) is 6.18. The summed E-state index contributed by atoms with van der Waals surface area (Å²) >= 11 is 0. The molecule has 0 aliphatic carbocycles. The van der Waals surface area contributed by atoms with Gasteiger partial charge in [-0.2, -0.15) is 0 Å². The lowest BCUT2D eigenvalue weighted by atomic mass is 10.1. The maximum atomic E-state index is 13.9. The molecule has 1 unspecified atom stereocenters. The number of benzene rings is 2. The van der Waals surface area contributed by atoms with Crippen LogP contribution in [0.25, 0.3) is 5.69 Å². The van der Waals surface area contributed by atoms with Gasteiger partial charge in [-0.3, -0.25) is 4.79 Å². The van der Waals surface area contributed by atoms with Crippen molar-refractivity contribution in [2.75, 3.05) is 7.11 Å². The molecule has 0 aliphatic rings. The third-order valence-electron chi connectivity index (χ3n) is 4.38. The smallest absolute Gasteiger partial charge is 0.251 e. The molecule has 0 fully saturated rings. The number of ether oxygens (including phenoxy) is 1. The molecule has 134 valence electrons. The van der Waals surface area contributed by atoms with Crippen LogP contribution in [0.1, 0.15) is 34.5 Å². The molecule has 1 atom stereocenters. The molecule has 4 nitrogen and oxygen atoms in total. The first-order valence-corrected chi connectivity index (χ1v) is 8.38. The zero-order chi connectivity index (χ0) is 18.7. The molecule has 1 heterocycles. The van der Waals surface area contributed by atoms with E-state index >= 15 is 0 Å². The van der Waals surface area contributed by atoms with Crippen molar-refractivity contribution in [2.24, 2.45) is 0 Å². The highest BCUT2D eigenvalue weighted by atomic mass is 19.1. The lowest BCUT2D eigenvalue weighted by Crippen LogP contribution is -2.26. The van der Waals surface area contributed by atoms with E-state index in [0.717, 1.165) is 11.3 Å². The molecule has 0 saturated carbocycles. The second-order valence-corrected chi connectivity index (χ2v) is 6.18. The third kappa shape index (κ3) is 3.61. The number of methoxy groups -OCH3 is 1. The van der Waals surface area contributed by atoms with Gasteiger partial charge in [0, 0.05) is 23.6 Å². The van der Waals surface area contributed by atoms with Crippen LogP contribution in [-0.2, 0) is 0 Å². The van der Waals surface area contributed by atoms with Crippen LogP contribution in [0.4, 0.5) is 4.39 Å². The van der Waals surface area contributed by atoms with E-state index in [9.17, 15) is 9.18 Å². The Balaban J connectivity index is 1.79. The molecule has 26 heavy (non-hydrogen) atoms. The van der Waals surface area contributed by atoms with Crippen molar-refractivity contribution in [3.63, 3.8) is 0 Å². The number of halogens is 1. The van der Waals surface area contributed by atoms with E-state index < -0.39 is 5.82 Å². The van der Waals surface area contributed by atoms with Gasteiger partial charge < -0.3 is 14.6 Å². The number of aromatic nitrogens is 1. The molecule has 1 aromatic heterocycles. The molecule has 5 heteroatoms. The van der Waals surface area contributed by atoms with Crippen molar-refractivity contribution in [2.45, 2.75) is 19.9 Å². The summed E-state index contributed by atoms with van der Waals surface area (Å²) in [5.41, 5.74) is 3.25. The lowest BCUT2D eigenvalue weighted by Gasteiger charge is -2.16. The Morgan fingerprint density at radius 1 is 1.15 bits per heavy atom. The van der Waals surface area contributed by atoms with Crippen LogP contribution in [0.15, 0.2) is 60.9 Å². The Morgan fingerprint density at radius 3 is 2.54 bits per heavy atom. The zero-order valence-electron chi connectivity index (χ0n) is 15.0. The first-order valence-electron chi connectivity index (χ1n) is 8.38. The fraction of sp³-hybridized carbons (Fsp3) is 0.190. The summed E-state index contributed by atoms with van der Waals surface area (Å²) in [5, 5.41) is 2.91. The predicted octanol–water partition coefficient (Wildman–Crippen LogP) is 4.42. The predicted molar refractivity (Wildman–Crippen MR) is 99.3 cm³/mol. The molecule has 3 aromatic rings. The van der Waals surface area contributed by atoms with E-state index in [-0.39, 0.29) is 17.7 Å². The molecule has 0 spiro atoms. The molecular formula is C21H21FN2O2. The van der Waals surface area contributed by atoms with Gasteiger partial charge in [0.2, 0.25) is 0 Å². The van der Waals surface area contributed by atoms with Crippen molar-refractivity contribution >= 4 is 5.91 Å². The van der Waals surface area contributed by atoms with Gasteiger partial charge in [-0.1, -0.05) is 12.1 Å². The highest BCUT2D eigenvalue weighted by molar-refractivity contribution is 5.95. The maximum absolute atomic E-state index is 13.9. The summed E-state index contributed by atoms with van der Waals surface area (Å²) in [5.74, 6) is -0.472. The van der Waals surface area contributed by atoms with Gasteiger partial charge in [0.15, 0.2) is 11.6 Å². The molecule has 0 saturated heterocycles. The number of hydrogen-bond donors (Lipinski definition) is 1. The topological polar surface area (TPSA) is 43.3 Å². The molecule has 3 rings (SSSR count). The van der Waals surface area contributed by atoms with E-state index in [1.165, 1.54) is 13.2 Å². The van der Waals surface area contributed by atoms with Crippen molar-refractivity contribution in [3.05, 3.63) is 83.4 Å². The van der Waals surface area contributed by atoms with E-state index in [1.807, 2.05) is 55.1 Å². The fourth-order valence-corrected chi connectivity index (χ4v) is 2.84. The minimum Gasteiger partial charge on any atom is -0.494 e. The Hall–Kier alpha value is -3.08. The lowest BCUT2D eigenvalue weighted by molar-refractivity contribution is 0.0939. The van der Waals surface area contributed by atoms with Gasteiger partial charge in [-0.05, 0) is 61.4 Å². The summed E-state index contributed by atoms with van der Waals surface area (Å²) in [6.45, 7) is 3.82. The molecule has 0 radical (unpaired) electrons. The SMILES string of the molecule is COc1ccc(C(C)NC(=O)c2ccc(C)c(-n3cccc3)c2)cc1F. The number of aryl methyl sites for hydroxylation is 1. The van der Waals surface area contributed by atoms with E-state index in [0.29, 0.717) is 11.1 Å². The van der Waals surface area contributed by atoms with Crippen LogP contribution in [0, 0.1) is 12.7 Å². The first kappa shape index (κ1) is 17.7. The molecule has 1 amide bonds. The average molecular weight is 352 g/mol. The normalized spacial score (nSPS) is 11.8. The number of carbonyl (C=O) groups is 1. The van der Waals surface area contributed by atoms with Gasteiger partial charge in [0.1, 0.15) is 0 Å². The summed E-state index contributed by atoms with van der Waals surface area (Å²) < 4.78 is 20.8. The number of nitrogens with zero attached hydrogens (tertiary/aromatic N) is 1. The number of amides is 1. The number of nitrogens with one attached hydrogen (secondary N) is 1. The van der Waals surface area contributed by atoms with Crippen LogP contribution in [0.3, 0.4) is 0 Å². The van der Waals surface area contributed by atoms with Gasteiger partial charge in [0.25, 0.3) is 5.91 Å². The number of hydrogen-bond acceptors (Lipinski definition) is 2. The van der Waals surface area contributed by atoms with Crippen molar-refractivity contribution in [3.8, 4) is 11.4 Å². The Bertz CT molecular complexity index is 920. The molecule has 0 aliphatic heterocycles. The highest BCUT2D eigenvalue weighted by Gasteiger charge is 2.15. The second kappa shape index (κ2) is 7.44. The van der Waals surface area contributed by atoms with Crippen molar-refractivity contribution in [1.29, 1.82) is 0 Å². The van der Waals surface area contributed by atoms with E-state index in [2.05, 4.69) is 5.32 Å². The van der Waals surface area contributed by atoms with Crippen LogP contribution >= 0.6 is 0 Å². The summed E-state index contributed by atoms with van der Waals surface area (Å²) in [6, 6.07) is 13.8. The van der Waals surface area contributed by atoms with Crippen molar-refractivity contribution < 1.29 is 13.9 Å². The Kier molecular flexibility index (Phi) is 5.07. The first-order chi connectivity index (χ1) is 12.5. The largest absolute Gasteiger partial charge is 0.494 e. The molecular weight excluding hydrogens is 331 g/mol. The summed E-state index contributed by atoms with van der Waals surface area (Å²) in [4.78, 5) is 12.6. The standard InChI is InChI=1S/C21H21FN2O2/c1-14-6-7-17(13-19(14)24-10-4-5-11-24)21(25)23-15(2)16-8-9-20(26-3)18(22)12-16/h4-13,15H,1-3H3,(H,23,25). The van der Waals surface area contributed by atoms with Gasteiger partial charge >= 0.3 is 0 Å². The van der Waals surface area contributed by atoms with Crippen LogP contribution < -0.4 is 10.1 Å². The number of carbonyl (C=O) groups excluding carboxylic acids is 1. The monoisotopic (exact) mass is 352 g/mol. The van der Waals surface area contributed by atoms with Gasteiger partial charge in [-0.15, -0.1) is 0 Å². The van der Waals surface area contributed by atoms with Gasteiger partial charge in [0.05, 0.1) is 13.2 Å². The zero-order valence-corrected chi connectivity index (χ0v) is 15.0. The highest BCUT2D eigenvalue weighted by Crippen LogP contribution is 2.22. The summed E-state index contributed by atoms with van der Waals surface area (Å²) in [6.07, 6.45) is 3.87. The van der Waals surface area contributed by atoms with Crippen LogP contribution in [-0.4, -0.2) is 17.6 Å². The minimum atomic E-state index is -0.448. The number of rotatable bonds is 5. The molecule has 2 aromatic carbocycles. The average Bonchev–Trinajstić information content (AvgIpc) is 3.16. The Morgan fingerprint density at radius 2 is 1.88 bits per heavy atom. The minimum absolute atomic E-state index is 0.183. The van der Waals surface area contributed by atoms with Crippen molar-refractivity contribution in [1.82, 2.24) is 9.88 Å². The quantitative estimate of drug-likeness (QED) is 0.738. The van der Waals surface area contributed by atoms with E-state index in [4.69, 9.17) is 4.74 Å². The van der Waals surface area contributed by atoms with Crippen LogP contribution in [0.5, 0.6) is 5.75 Å². The van der Waals surface area contributed by atoms with E-state index in [1.54, 1.807) is 18.2 Å². The Labute approximate surface area is 152 Å². The fourth-order valence-electron chi connectivity index (χ4n) is 2.84. The van der Waals surface area contributed by atoms with Crippen LogP contribution in [0.2, 0.25) is 0 Å². The summed E-state index contributed by atoms with van der Waals surface area (Å²) in [7, 11) is 1.42. The molecule has 1 N–H and O–H groups in total. The molecule has 0 bridgehead atoms. The maximum Gasteiger partial charge on any atom is 0.251 e. The van der Waals surface area contributed by atoms with Gasteiger partial charge in [-0.25, -0.2) is 4.39 Å². The third-order valence-corrected chi connectivity index (χ3v) is 4.38.